The minimum Gasteiger partial charge on any atom is -0.264 e. The molecule has 0 bridgehead atoms. The molecule has 0 unspecified atom stereocenters. The predicted octanol–water partition coefficient (Wildman–Crippen LogP) is 4.55. The van der Waals surface area contributed by atoms with Gasteiger partial charge in [0.25, 0.3) is 0 Å². The summed E-state index contributed by atoms with van der Waals surface area (Å²) in [6.07, 6.45) is 7.38. The molecule has 0 aliphatic heterocycles. The van der Waals surface area contributed by atoms with Crippen molar-refractivity contribution < 1.29 is 0 Å². The normalized spacial score (nSPS) is 11.0. The van der Waals surface area contributed by atoms with Gasteiger partial charge >= 0.3 is 0 Å². The molecule has 0 aliphatic rings. The van der Waals surface area contributed by atoms with Gasteiger partial charge in [0.2, 0.25) is 0 Å². The number of benzene rings is 1. The van der Waals surface area contributed by atoms with Gasteiger partial charge in [-0.05, 0) is 58.2 Å². The molecule has 0 saturated carbocycles. The topological polar surface area (TPSA) is 43.6 Å². The molecule has 0 N–H and O–H groups in total. The van der Waals surface area contributed by atoms with Gasteiger partial charge in [-0.25, -0.2) is 9.67 Å². The molecule has 0 radical (unpaired) electrons. The molecular formula is C18H13BrN4. The summed E-state index contributed by atoms with van der Waals surface area (Å²) >= 11 is 3.58. The standard InChI is InChI=1S/C18H13BrN4/c1-12-6-8-20-10-14(12)13-7-9-21-18-15(13)11-22-23(18)17-5-3-2-4-16(17)19/h2-11H,1H3. The minimum absolute atomic E-state index is 0.831. The highest BCUT2D eigenvalue weighted by atomic mass is 79.9. The number of rotatable bonds is 2. The summed E-state index contributed by atoms with van der Waals surface area (Å²) in [5, 5.41) is 5.56. The Kier molecular flexibility index (Phi) is 3.42. The third-order valence-electron chi connectivity index (χ3n) is 3.88. The second-order valence-corrected chi connectivity index (χ2v) is 6.15. The van der Waals surface area contributed by atoms with Crippen molar-refractivity contribution in [3.8, 4) is 16.8 Å². The van der Waals surface area contributed by atoms with Crippen molar-refractivity contribution in [2.24, 2.45) is 0 Å². The molecule has 0 aliphatic carbocycles. The first-order valence-electron chi connectivity index (χ1n) is 7.24. The van der Waals surface area contributed by atoms with Crippen molar-refractivity contribution in [3.05, 3.63) is 71.2 Å². The van der Waals surface area contributed by atoms with E-state index in [1.54, 1.807) is 0 Å². The van der Waals surface area contributed by atoms with Crippen LogP contribution in [-0.4, -0.2) is 19.7 Å². The summed E-state index contributed by atoms with van der Waals surface area (Å²) in [6, 6.07) is 12.0. The van der Waals surface area contributed by atoms with Crippen molar-refractivity contribution >= 4 is 27.0 Å². The summed E-state index contributed by atoms with van der Waals surface area (Å²) in [7, 11) is 0. The third kappa shape index (κ3) is 2.33. The Bertz CT molecular complexity index is 1010. The van der Waals surface area contributed by atoms with Crippen molar-refractivity contribution in [2.75, 3.05) is 0 Å². The van der Waals surface area contributed by atoms with Gasteiger partial charge in [0, 0.05) is 34.0 Å². The van der Waals surface area contributed by atoms with Gasteiger partial charge in [-0.3, -0.25) is 4.98 Å². The molecule has 0 fully saturated rings. The molecule has 0 atom stereocenters. The molecule has 5 heteroatoms. The lowest BCUT2D eigenvalue weighted by Crippen LogP contribution is -1.98. The van der Waals surface area contributed by atoms with Crippen LogP contribution >= 0.6 is 15.9 Å². The zero-order valence-corrected chi connectivity index (χ0v) is 14.0. The summed E-state index contributed by atoms with van der Waals surface area (Å²) in [5.74, 6) is 0. The molecule has 0 amide bonds. The van der Waals surface area contributed by atoms with Gasteiger partial charge in [-0.15, -0.1) is 0 Å². The van der Waals surface area contributed by atoms with E-state index in [1.165, 1.54) is 5.56 Å². The van der Waals surface area contributed by atoms with E-state index >= 15 is 0 Å². The first kappa shape index (κ1) is 14.1. The SMILES string of the molecule is Cc1ccncc1-c1ccnc2c1cnn2-c1ccccc1Br. The van der Waals surface area contributed by atoms with E-state index in [1.807, 2.05) is 65.9 Å². The molecule has 4 nitrogen and oxygen atoms in total. The highest BCUT2D eigenvalue weighted by Crippen LogP contribution is 2.31. The summed E-state index contributed by atoms with van der Waals surface area (Å²) < 4.78 is 2.84. The van der Waals surface area contributed by atoms with Crippen LogP contribution in [0.25, 0.3) is 27.8 Å². The quantitative estimate of drug-likeness (QED) is 0.523. The average Bonchev–Trinajstić information content (AvgIpc) is 3.00. The van der Waals surface area contributed by atoms with E-state index in [0.29, 0.717) is 0 Å². The fourth-order valence-electron chi connectivity index (χ4n) is 2.71. The second kappa shape index (κ2) is 5.59. The van der Waals surface area contributed by atoms with E-state index < -0.39 is 0 Å². The number of hydrogen-bond acceptors (Lipinski definition) is 3. The first-order chi connectivity index (χ1) is 11.3. The number of aromatic nitrogens is 4. The maximum Gasteiger partial charge on any atom is 0.163 e. The molecule has 3 aromatic heterocycles. The highest BCUT2D eigenvalue weighted by Gasteiger charge is 2.13. The van der Waals surface area contributed by atoms with Gasteiger partial charge in [-0.2, -0.15) is 5.10 Å². The van der Waals surface area contributed by atoms with E-state index in [4.69, 9.17) is 0 Å². The van der Waals surface area contributed by atoms with Gasteiger partial charge in [0.05, 0.1) is 11.9 Å². The van der Waals surface area contributed by atoms with Crippen LogP contribution in [0, 0.1) is 6.92 Å². The van der Waals surface area contributed by atoms with E-state index in [2.05, 4.69) is 37.9 Å². The van der Waals surface area contributed by atoms with E-state index in [9.17, 15) is 0 Å². The maximum atomic E-state index is 4.55. The Labute approximate surface area is 142 Å². The van der Waals surface area contributed by atoms with Crippen molar-refractivity contribution in [1.82, 2.24) is 19.7 Å². The van der Waals surface area contributed by atoms with Gasteiger partial charge in [0.15, 0.2) is 5.65 Å². The number of hydrogen-bond donors (Lipinski definition) is 0. The first-order valence-corrected chi connectivity index (χ1v) is 8.03. The Morgan fingerprint density at radius 2 is 1.83 bits per heavy atom. The fourth-order valence-corrected chi connectivity index (χ4v) is 3.16. The van der Waals surface area contributed by atoms with Crippen molar-refractivity contribution in [3.63, 3.8) is 0 Å². The fraction of sp³-hybridized carbons (Fsp3) is 0.0556. The molecule has 1 aromatic carbocycles. The molecule has 23 heavy (non-hydrogen) atoms. The average molecular weight is 365 g/mol. The number of nitrogens with zero attached hydrogens (tertiary/aromatic N) is 4. The smallest absolute Gasteiger partial charge is 0.163 e. The molecule has 0 saturated heterocycles. The Balaban J connectivity index is 1.98. The molecule has 112 valence electrons. The third-order valence-corrected chi connectivity index (χ3v) is 4.55. The largest absolute Gasteiger partial charge is 0.264 e. The molecule has 4 rings (SSSR count). The lowest BCUT2D eigenvalue weighted by Gasteiger charge is -2.08. The molecule has 4 aromatic rings. The van der Waals surface area contributed by atoms with Crippen molar-refractivity contribution in [1.29, 1.82) is 0 Å². The lowest BCUT2D eigenvalue weighted by molar-refractivity contribution is 0.893. The van der Waals surface area contributed by atoms with Gasteiger partial charge in [-0.1, -0.05) is 12.1 Å². The van der Waals surface area contributed by atoms with E-state index in [-0.39, 0.29) is 0 Å². The van der Waals surface area contributed by atoms with Gasteiger partial charge in [0.1, 0.15) is 0 Å². The van der Waals surface area contributed by atoms with Crippen LogP contribution in [0.15, 0.2) is 65.7 Å². The summed E-state index contributed by atoms with van der Waals surface area (Å²) in [5.41, 5.74) is 5.18. The number of para-hydroxylation sites is 1. The zero-order chi connectivity index (χ0) is 15.8. The van der Waals surface area contributed by atoms with E-state index in [0.717, 1.165) is 32.3 Å². The minimum atomic E-state index is 0.831. The van der Waals surface area contributed by atoms with Crippen LogP contribution in [0.3, 0.4) is 0 Å². The zero-order valence-electron chi connectivity index (χ0n) is 12.4. The van der Waals surface area contributed by atoms with Crippen LogP contribution in [0.5, 0.6) is 0 Å². The van der Waals surface area contributed by atoms with Crippen LogP contribution in [0.4, 0.5) is 0 Å². The Hall–Kier alpha value is -2.53. The summed E-state index contributed by atoms with van der Waals surface area (Å²) in [4.78, 5) is 8.79. The second-order valence-electron chi connectivity index (χ2n) is 5.29. The molecule has 0 spiro atoms. The van der Waals surface area contributed by atoms with Crippen LogP contribution in [-0.2, 0) is 0 Å². The lowest BCUT2D eigenvalue weighted by atomic mass is 10.0. The predicted molar refractivity (Wildman–Crippen MR) is 94.5 cm³/mol. The number of halogens is 1. The molecular weight excluding hydrogens is 352 g/mol. The monoisotopic (exact) mass is 364 g/mol. The number of fused-ring (bicyclic) bond motifs is 1. The Morgan fingerprint density at radius 1 is 0.957 bits per heavy atom. The number of pyridine rings is 2. The van der Waals surface area contributed by atoms with Gasteiger partial charge < -0.3 is 0 Å². The summed E-state index contributed by atoms with van der Waals surface area (Å²) in [6.45, 7) is 2.08. The van der Waals surface area contributed by atoms with Crippen LogP contribution < -0.4 is 0 Å². The van der Waals surface area contributed by atoms with Crippen molar-refractivity contribution in [2.45, 2.75) is 6.92 Å². The maximum absolute atomic E-state index is 4.55. The van der Waals surface area contributed by atoms with Crippen LogP contribution in [0.1, 0.15) is 5.56 Å². The molecule has 3 heterocycles. The number of aryl methyl sites for hydroxylation is 1. The van der Waals surface area contributed by atoms with Crippen LogP contribution in [0.2, 0.25) is 0 Å². The Morgan fingerprint density at radius 3 is 2.65 bits per heavy atom. The highest BCUT2D eigenvalue weighted by molar-refractivity contribution is 9.10.